The minimum absolute atomic E-state index is 0.0395. The van der Waals surface area contributed by atoms with E-state index in [1.54, 1.807) is 12.1 Å². The van der Waals surface area contributed by atoms with Crippen molar-refractivity contribution < 1.29 is 9.32 Å². The van der Waals surface area contributed by atoms with Crippen LogP contribution in [0.3, 0.4) is 0 Å². The van der Waals surface area contributed by atoms with E-state index in [-0.39, 0.29) is 12.5 Å². The van der Waals surface area contributed by atoms with Crippen molar-refractivity contribution in [2.45, 2.75) is 25.8 Å². The largest absolute Gasteiger partial charge is 0.361 e. The molecule has 0 bridgehead atoms. The number of hydrogen-bond donors (Lipinski definition) is 2. The quantitative estimate of drug-likeness (QED) is 0.483. The number of benzene rings is 2. The molecular formula is C21H19ClN4O2. The molecule has 6 nitrogen and oxygen atoms in total. The van der Waals surface area contributed by atoms with Crippen LogP contribution in [0.1, 0.15) is 24.3 Å². The number of hydrogen-bond acceptors (Lipinski definition) is 4. The zero-order chi connectivity index (χ0) is 19.3. The molecule has 7 heteroatoms. The van der Waals surface area contributed by atoms with Gasteiger partial charge in [0.2, 0.25) is 17.6 Å². The first kappa shape index (κ1) is 18.3. The van der Waals surface area contributed by atoms with Crippen molar-refractivity contribution in [3.8, 4) is 11.4 Å². The molecule has 2 aromatic heterocycles. The number of fused-ring (bicyclic) bond motifs is 1. The van der Waals surface area contributed by atoms with Crippen molar-refractivity contribution >= 4 is 28.4 Å². The third kappa shape index (κ3) is 4.23. The van der Waals surface area contributed by atoms with Crippen molar-refractivity contribution in [1.82, 2.24) is 20.4 Å². The molecule has 2 heterocycles. The minimum Gasteiger partial charge on any atom is -0.361 e. The summed E-state index contributed by atoms with van der Waals surface area (Å²) in [4.78, 5) is 19.7. The van der Waals surface area contributed by atoms with Gasteiger partial charge >= 0.3 is 0 Å². The Kier molecular flexibility index (Phi) is 5.39. The molecule has 2 aromatic carbocycles. The third-order valence-electron chi connectivity index (χ3n) is 4.51. The predicted octanol–water partition coefficient (Wildman–Crippen LogP) is 4.51. The molecule has 0 saturated heterocycles. The minimum atomic E-state index is -0.0395. The lowest BCUT2D eigenvalue weighted by molar-refractivity contribution is -0.121. The normalized spacial score (nSPS) is 11.0. The van der Waals surface area contributed by atoms with Gasteiger partial charge in [-0.05, 0) is 36.6 Å². The molecule has 4 rings (SSSR count). The highest BCUT2D eigenvalue weighted by Crippen LogP contribution is 2.20. The fraction of sp³-hybridized carbons (Fsp3) is 0.190. The van der Waals surface area contributed by atoms with Crippen LogP contribution in [-0.2, 0) is 17.8 Å². The van der Waals surface area contributed by atoms with Gasteiger partial charge in [-0.2, -0.15) is 4.98 Å². The molecule has 0 atom stereocenters. The van der Waals surface area contributed by atoms with Gasteiger partial charge < -0.3 is 14.8 Å². The Morgan fingerprint density at radius 3 is 2.96 bits per heavy atom. The Morgan fingerprint density at radius 1 is 1.18 bits per heavy atom. The molecule has 1 amide bonds. The highest BCUT2D eigenvalue weighted by molar-refractivity contribution is 6.30. The Labute approximate surface area is 166 Å². The second-order valence-electron chi connectivity index (χ2n) is 6.51. The lowest BCUT2D eigenvalue weighted by Crippen LogP contribution is -2.22. The molecule has 0 aliphatic heterocycles. The number of amides is 1. The van der Waals surface area contributed by atoms with Crippen LogP contribution in [-0.4, -0.2) is 21.0 Å². The summed E-state index contributed by atoms with van der Waals surface area (Å²) >= 11 is 5.98. The Hall–Kier alpha value is -3.12. The Balaban J connectivity index is 1.26. The number of aromatic nitrogens is 3. The van der Waals surface area contributed by atoms with Crippen molar-refractivity contribution in [2.24, 2.45) is 0 Å². The van der Waals surface area contributed by atoms with Crippen LogP contribution in [0.15, 0.2) is 59.3 Å². The van der Waals surface area contributed by atoms with Crippen LogP contribution in [0.5, 0.6) is 0 Å². The van der Waals surface area contributed by atoms with E-state index in [0.29, 0.717) is 23.2 Å². The summed E-state index contributed by atoms with van der Waals surface area (Å²) in [5.74, 6) is 0.772. The molecule has 0 aliphatic rings. The number of H-pyrrole nitrogens is 1. The second-order valence-corrected chi connectivity index (χ2v) is 6.95. The second kappa shape index (κ2) is 8.27. The molecular weight excluding hydrogens is 376 g/mol. The fourth-order valence-electron chi connectivity index (χ4n) is 3.11. The monoisotopic (exact) mass is 394 g/mol. The smallest absolute Gasteiger partial charge is 0.246 e. The van der Waals surface area contributed by atoms with Crippen molar-refractivity contribution in [1.29, 1.82) is 0 Å². The molecule has 0 spiro atoms. The topological polar surface area (TPSA) is 83.8 Å². The summed E-state index contributed by atoms with van der Waals surface area (Å²) in [7, 11) is 0. The molecule has 0 fully saturated rings. The van der Waals surface area contributed by atoms with Gasteiger partial charge in [-0.15, -0.1) is 0 Å². The number of aromatic amines is 1. The average molecular weight is 395 g/mol. The van der Waals surface area contributed by atoms with Gasteiger partial charge in [-0.1, -0.05) is 47.1 Å². The number of rotatable bonds is 7. The molecule has 0 radical (unpaired) electrons. The summed E-state index contributed by atoms with van der Waals surface area (Å²) in [6.45, 7) is 0.208. The van der Waals surface area contributed by atoms with Gasteiger partial charge in [0.25, 0.3) is 0 Å². The summed E-state index contributed by atoms with van der Waals surface area (Å²) < 4.78 is 5.20. The first-order valence-corrected chi connectivity index (χ1v) is 9.47. The summed E-state index contributed by atoms with van der Waals surface area (Å²) in [5, 5.41) is 8.57. The van der Waals surface area contributed by atoms with Crippen molar-refractivity contribution in [2.75, 3.05) is 0 Å². The van der Waals surface area contributed by atoms with Gasteiger partial charge in [0.1, 0.15) is 0 Å². The van der Waals surface area contributed by atoms with E-state index in [1.807, 2.05) is 36.5 Å². The maximum Gasteiger partial charge on any atom is 0.246 e. The van der Waals surface area contributed by atoms with E-state index < -0.39 is 0 Å². The van der Waals surface area contributed by atoms with E-state index in [1.165, 1.54) is 10.9 Å². The average Bonchev–Trinajstić information content (AvgIpc) is 3.34. The van der Waals surface area contributed by atoms with Gasteiger partial charge in [-0.25, -0.2) is 0 Å². The van der Waals surface area contributed by atoms with Gasteiger partial charge in [0.05, 0.1) is 6.54 Å². The van der Waals surface area contributed by atoms with Gasteiger partial charge in [0, 0.05) is 34.1 Å². The number of para-hydroxylation sites is 1. The van der Waals surface area contributed by atoms with E-state index >= 15 is 0 Å². The lowest BCUT2D eigenvalue weighted by Gasteiger charge is -2.02. The third-order valence-corrected chi connectivity index (χ3v) is 4.75. The highest BCUT2D eigenvalue weighted by Gasteiger charge is 2.11. The zero-order valence-electron chi connectivity index (χ0n) is 15.1. The Morgan fingerprint density at radius 2 is 2.07 bits per heavy atom. The van der Waals surface area contributed by atoms with Crippen LogP contribution in [0.25, 0.3) is 22.3 Å². The predicted molar refractivity (Wildman–Crippen MR) is 108 cm³/mol. The first-order valence-electron chi connectivity index (χ1n) is 9.09. The number of halogens is 1. The number of aryl methyl sites for hydroxylation is 1. The van der Waals surface area contributed by atoms with Crippen LogP contribution < -0.4 is 5.32 Å². The molecule has 0 unspecified atom stereocenters. The fourth-order valence-corrected chi connectivity index (χ4v) is 3.30. The van der Waals surface area contributed by atoms with Crippen LogP contribution >= 0.6 is 11.6 Å². The van der Waals surface area contributed by atoms with Gasteiger partial charge in [-0.3, -0.25) is 4.79 Å². The molecule has 2 N–H and O–H groups in total. The van der Waals surface area contributed by atoms with Crippen LogP contribution in [0.4, 0.5) is 0 Å². The zero-order valence-corrected chi connectivity index (χ0v) is 15.9. The van der Waals surface area contributed by atoms with E-state index in [2.05, 4.69) is 26.5 Å². The summed E-state index contributed by atoms with van der Waals surface area (Å²) in [5.41, 5.74) is 3.12. The molecule has 0 aliphatic carbocycles. The van der Waals surface area contributed by atoms with Crippen molar-refractivity contribution in [3.05, 3.63) is 71.2 Å². The summed E-state index contributed by atoms with van der Waals surface area (Å²) in [6.07, 6.45) is 4.06. The highest BCUT2D eigenvalue weighted by atomic mass is 35.5. The molecule has 0 saturated carbocycles. The van der Waals surface area contributed by atoms with E-state index in [4.69, 9.17) is 16.1 Å². The maximum atomic E-state index is 12.1. The van der Waals surface area contributed by atoms with Crippen molar-refractivity contribution in [3.63, 3.8) is 0 Å². The molecule has 142 valence electrons. The maximum absolute atomic E-state index is 12.1. The standard InChI is InChI=1S/C21H19ClN4O2/c22-16-7-3-5-14(11-16)21-25-20(28-26-21)13-24-19(27)10-4-6-15-12-23-18-9-2-1-8-17(15)18/h1-3,5,7-9,11-12,23H,4,6,10,13H2,(H,24,27). The number of nitrogens with one attached hydrogen (secondary N) is 2. The van der Waals surface area contributed by atoms with Crippen LogP contribution in [0.2, 0.25) is 5.02 Å². The lowest BCUT2D eigenvalue weighted by atomic mass is 10.1. The SMILES string of the molecule is O=C(CCCc1c[nH]c2ccccc12)NCc1nc(-c2cccc(Cl)c2)no1. The molecule has 4 aromatic rings. The van der Waals surface area contributed by atoms with Crippen LogP contribution in [0, 0.1) is 0 Å². The number of nitrogens with zero attached hydrogens (tertiary/aromatic N) is 2. The first-order chi connectivity index (χ1) is 13.7. The molecule has 28 heavy (non-hydrogen) atoms. The van der Waals surface area contributed by atoms with E-state index in [0.717, 1.165) is 23.9 Å². The number of carbonyl (C=O) groups is 1. The van der Waals surface area contributed by atoms with Gasteiger partial charge in [0.15, 0.2) is 0 Å². The van der Waals surface area contributed by atoms with E-state index in [9.17, 15) is 4.79 Å². The number of carbonyl (C=O) groups excluding carboxylic acids is 1. The Bertz CT molecular complexity index is 1100. The summed E-state index contributed by atoms with van der Waals surface area (Å²) in [6, 6.07) is 15.4.